The van der Waals surface area contributed by atoms with Gasteiger partial charge in [0.25, 0.3) is 0 Å². The van der Waals surface area contributed by atoms with E-state index in [0.717, 1.165) is 16.9 Å². The van der Waals surface area contributed by atoms with E-state index in [2.05, 4.69) is 15.2 Å². The van der Waals surface area contributed by atoms with Crippen molar-refractivity contribution in [1.29, 1.82) is 0 Å². The fourth-order valence-corrected chi connectivity index (χ4v) is 2.60. The number of hydrogen-bond donors (Lipinski definition) is 0. The Morgan fingerprint density at radius 1 is 1.08 bits per heavy atom. The van der Waals surface area contributed by atoms with Gasteiger partial charge in [0.05, 0.1) is 25.0 Å². The monoisotopic (exact) mass is 338 g/mol. The van der Waals surface area contributed by atoms with Crippen LogP contribution in [0.3, 0.4) is 0 Å². The first-order valence-electron chi connectivity index (χ1n) is 7.91. The Morgan fingerprint density at radius 3 is 2.52 bits per heavy atom. The van der Waals surface area contributed by atoms with Crippen LogP contribution in [0.2, 0.25) is 0 Å². The molecule has 6 heteroatoms. The van der Waals surface area contributed by atoms with Crippen LogP contribution in [0.1, 0.15) is 18.5 Å². The molecule has 0 saturated carbocycles. The summed E-state index contributed by atoms with van der Waals surface area (Å²) in [6, 6.07) is 14.0. The minimum absolute atomic E-state index is 0.0126. The van der Waals surface area contributed by atoms with Crippen LogP contribution in [0.5, 0.6) is 5.75 Å². The van der Waals surface area contributed by atoms with Crippen LogP contribution < -0.4 is 9.64 Å². The van der Waals surface area contributed by atoms with E-state index in [9.17, 15) is 4.39 Å². The van der Waals surface area contributed by atoms with Gasteiger partial charge in [0, 0.05) is 18.2 Å². The van der Waals surface area contributed by atoms with Gasteiger partial charge < -0.3 is 9.64 Å². The number of rotatable bonds is 5. The van der Waals surface area contributed by atoms with Crippen molar-refractivity contribution in [1.82, 2.24) is 15.2 Å². The second-order valence-electron chi connectivity index (χ2n) is 5.68. The summed E-state index contributed by atoms with van der Waals surface area (Å²) in [4.78, 5) is 6.49. The van der Waals surface area contributed by atoms with Gasteiger partial charge in [-0.25, -0.2) is 9.37 Å². The maximum atomic E-state index is 13.1. The Balaban J connectivity index is 1.91. The summed E-state index contributed by atoms with van der Waals surface area (Å²) < 4.78 is 18.5. The number of aromatic nitrogens is 3. The average molecular weight is 338 g/mol. The molecular formula is C19H19FN4O. The highest BCUT2D eigenvalue weighted by Crippen LogP contribution is 2.30. The maximum absolute atomic E-state index is 13.1. The molecule has 0 amide bonds. The Bertz CT molecular complexity index is 854. The van der Waals surface area contributed by atoms with Crippen LogP contribution in [0, 0.1) is 5.82 Å². The van der Waals surface area contributed by atoms with Crippen molar-refractivity contribution in [2.75, 3.05) is 19.1 Å². The van der Waals surface area contributed by atoms with Crippen LogP contribution in [0.4, 0.5) is 10.3 Å². The molecular weight excluding hydrogens is 319 g/mol. The maximum Gasteiger partial charge on any atom is 0.246 e. The third kappa shape index (κ3) is 3.57. The largest absolute Gasteiger partial charge is 0.496 e. The molecule has 2 aromatic carbocycles. The highest BCUT2D eigenvalue weighted by molar-refractivity contribution is 5.59. The van der Waals surface area contributed by atoms with E-state index in [4.69, 9.17) is 4.74 Å². The van der Waals surface area contributed by atoms with Gasteiger partial charge >= 0.3 is 0 Å². The number of nitrogens with zero attached hydrogens (tertiary/aromatic N) is 4. The summed E-state index contributed by atoms with van der Waals surface area (Å²) in [5.74, 6) is 1.01. The molecule has 0 aliphatic carbocycles. The number of anilines is 1. The highest BCUT2D eigenvalue weighted by Gasteiger charge is 2.19. The lowest BCUT2D eigenvalue weighted by atomic mass is 10.1. The molecule has 0 saturated heterocycles. The van der Waals surface area contributed by atoms with E-state index >= 15 is 0 Å². The van der Waals surface area contributed by atoms with Crippen LogP contribution in [-0.4, -0.2) is 29.3 Å². The predicted molar refractivity (Wildman–Crippen MR) is 95.0 cm³/mol. The molecule has 0 aliphatic rings. The smallest absolute Gasteiger partial charge is 0.246 e. The molecule has 1 heterocycles. The molecule has 3 aromatic rings. The van der Waals surface area contributed by atoms with Crippen LogP contribution >= 0.6 is 0 Å². The third-order valence-electron chi connectivity index (χ3n) is 4.17. The van der Waals surface area contributed by atoms with Crippen LogP contribution in [-0.2, 0) is 0 Å². The summed E-state index contributed by atoms with van der Waals surface area (Å²) in [6.07, 6.45) is 1.57. The SMILES string of the molecule is COc1ccccc1C(C)N(C)c1nncc(-c2ccc(F)cc2)n1. The van der Waals surface area contributed by atoms with Crippen LogP contribution in [0.25, 0.3) is 11.3 Å². The third-order valence-corrected chi connectivity index (χ3v) is 4.17. The van der Waals surface area contributed by atoms with E-state index < -0.39 is 0 Å². The van der Waals surface area contributed by atoms with E-state index in [1.165, 1.54) is 12.1 Å². The Labute approximate surface area is 146 Å². The van der Waals surface area contributed by atoms with Crippen LogP contribution in [0.15, 0.2) is 54.7 Å². The molecule has 0 aliphatic heterocycles. The first-order valence-corrected chi connectivity index (χ1v) is 7.91. The van der Waals surface area contributed by atoms with Crippen molar-refractivity contribution < 1.29 is 9.13 Å². The standard InChI is InChI=1S/C19H19FN4O/c1-13(16-6-4-5-7-18(16)25-3)24(2)19-22-17(12-21-23-19)14-8-10-15(20)11-9-14/h4-13H,1-3H3. The zero-order valence-electron chi connectivity index (χ0n) is 14.3. The van der Waals surface area contributed by atoms with Gasteiger partial charge in [-0.1, -0.05) is 18.2 Å². The summed E-state index contributed by atoms with van der Waals surface area (Å²) in [7, 11) is 3.56. The lowest BCUT2D eigenvalue weighted by Crippen LogP contribution is -2.24. The quantitative estimate of drug-likeness (QED) is 0.706. The van der Waals surface area contributed by atoms with Crippen molar-refractivity contribution >= 4 is 5.95 Å². The minimum Gasteiger partial charge on any atom is -0.496 e. The van der Waals surface area contributed by atoms with Gasteiger partial charge in [-0.3, -0.25) is 0 Å². The molecule has 3 rings (SSSR count). The molecule has 1 atom stereocenters. The highest BCUT2D eigenvalue weighted by atomic mass is 19.1. The first kappa shape index (κ1) is 16.8. The van der Waals surface area contributed by atoms with Crippen molar-refractivity contribution in [3.63, 3.8) is 0 Å². The van der Waals surface area contributed by atoms with Crippen molar-refractivity contribution in [3.05, 3.63) is 66.1 Å². The van der Waals surface area contributed by atoms with Gasteiger partial charge in [0.1, 0.15) is 11.6 Å². The van der Waals surface area contributed by atoms with E-state index in [1.54, 1.807) is 25.4 Å². The molecule has 0 N–H and O–H groups in total. The lowest BCUT2D eigenvalue weighted by Gasteiger charge is -2.26. The second-order valence-corrected chi connectivity index (χ2v) is 5.68. The summed E-state index contributed by atoms with van der Waals surface area (Å²) in [6.45, 7) is 2.05. The number of ether oxygens (including phenoxy) is 1. The van der Waals surface area contributed by atoms with E-state index in [0.29, 0.717) is 11.6 Å². The molecule has 1 unspecified atom stereocenters. The zero-order valence-corrected chi connectivity index (χ0v) is 14.3. The molecule has 0 radical (unpaired) electrons. The molecule has 128 valence electrons. The summed E-state index contributed by atoms with van der Waals surface area (Å²) in [5, 5.41) is 8.18. The van der Waals surface area contributed by atoms with Gasteiger partial charge in [0.2, 0.25) is 5.95 Å². The second kappa shape index (κ2) is 7.25. The van der Waals surface area contributed by atoms with E-state index in [1.807, 2.05) is 43.1 Å². The van der Waals surface area contributed by atoms with Crippen molar-refractivity contribution in [3.8, 4) is 17.0 Å². The number of benzene rings is 2. The minimum atomic E-state index is -0.284. The lowest BCUT2D eigenvalue weighted by molar-refractivity contribution is 0.406. The van der Waals surface area contributed by atoms with Gasteiger partial charge in [0.15, 0.2) is 0 Å². The molecule has 0 bridgehead atoms. The van der Waals surface area contributed by atoms with Gasteiger partial charge in [-0.2, -0.15) is 5.10 Å². The zero-order chi connectivity index (χ0) is 17.8. The van der Waals surface area contributed by atoms with Crippen molar-refractivity contribution in [2.45, 2.75) is 13.0 Å². The Kier molecular flexibility index (Phi) is 4.88. The van der Waals surface area contributed by atoms with Gasteiger partial charge in [-0.05, 0) is 37.3 Å². The predicted octanol–water partition coefficient (Wildman–Crippen LogP) is 3.88. The molecule has 5 nitrogen and oxygen atoms in total. The van der Waals surface area contributed by atoms with Crippen molar-refractivity contribution in [2.24, 2.45) is 0 Å². The molecule has 25 heavy (non-hydrogen) atoms. The fourth-order valence-electron chi connectivity index (χ4n) is 2.60. The topological polar surface area (TPSA) is 51.1 Å². The summed E-state index contributed by atoms with van der Waals surface area (Å²) in [5.41, 5.74) is 2.46. The first-order chi connectivity index (χ1) is 12.1. The normalized spacial score (nSPS) is 11.8. The molecule has 1 aromatic heterocycles. The van der Waals surface area contributed by atoms with Gasteiger partial charge in [-0.15, -0.1) is 5.10 Å². The number of para-hydroxylation sites is 1. The average Bonchev–Trinajstić information content (AvgIpc) is 2.67. The Morgan fingerprint density at radius 2 is 1.80 bits per heavy atom. The molecule has 0 spiro atoms. The fraction of sp³-hybridized carbons (Fsp3) is 0.211. The van der Waals surface area contributed by atoms with E-state index in [-0.39, 0.29) is 11.9 Å². The number of hydrogen-bond acceptors (Lipinski definition) is 5. The number of methoxy groups -OCH3 is 1. The molecule has 0 fully saturated rings. The Hall–Kier alpha value is -3.02. The summed E-state index contributed by atoms with van der Waals surface area (Å²) >= 11 is 0. The number of halogens is 1.